The Bertz CT molecular complexity index is 1060. The van der Waals surface area contributed by atoms with Gasteiger partial charge >= 0.3 is 0 Å². The molecule has 5 nitrogen and oxygen atoms in total. The predicted octanol–water partition coefficient (Wildman–Crippen LogP) is 4.68. The quantitative estimate of drug-likeness (QED) is 0.506. The molecule has 2 saturated heterocycles. The molecule has 2 aromatic carbocycles. The average Bonchev–Trinajstić information content (AvgIpc) is 3.12. The number of para-hydroxylation sites is 1. The molecule has 164 valence electrons. The Hall–Kier alpha value is -3.04. The molecule has 0 saturated carbocycles. The fourth-order valence-electron chi connectivity index (χ4n) is 4.10. The van der Waals surface area contributed by atoms with Crippen LogP contribution in [0.1, 0.15) is 30.9 Å². The number of rotatable bonds is 4. The van der Waals surface area contributed by atoms with E-state index in [1.165, 1.54) is 17.3 Å². The van der Waals surface area contributed by atoms with Crippen LogP contribution in [0.4, 0.5) is 5.69 Å². The molecule has 2 heterocycles. The zero-order valence-electron chi connectivity index (χ0n) is 18.5. The number of nitriles is 1. The second-order valence-corrected chi connectivity index (χ2v) is 9.76. The van der Waals surface area contributed by atoms with Gasteiger partial charge in [-0.2, -0.15) is 5.26 Å². The normalized spacial score (nSPS) is 20.9. The third kappa shape index (κ3) is 4.58. The number of carbonyl (C=O) groups is 2. The third-order valence-corrected chi connectivity index (χ3v) is 7.38. The molecule has 0 bridgehead atoms. The molecule has 2 fully saturated rings. The van der Waals surface area contributed by atoms with Gasteiger partial charge in [-0.15, -0.1) is 0 Å². The van der Waals surface area contributed by atoms with Crippen LogP contribution in [0.3, 0.4) is 0 Å². The summed E-state index contributed by atoms with van der Waals surface area (Å²) in [6.45, 7) is 5.51. The molecule has 6 heteroatoms. The standard InChI is InChI=1S/C26H27N3O2S/c1-18-8-10-20(11-9-18)16-23-25(31)29(21-6-4-3-5-7-21)26(32-23)22(17-27)24(30)28-14-12-19(2)13-15-28/h3-11,19,23H,12-16H2,1-2H3/b26-22-/t23-/m1/s1. The van der Waals surface area contributed by atoms with Gasteiger partial charge in [0.1, 0.15) is 16.7 Å². The second-order valence-electron chi connectivity index (χ2n) is 8.57. The Labute approximate surface area is 193 Å². The highest BCUT2D eigenvalue weighted by Gasteiger charge is 2.41. The minimum atomic E-state index is -0.384. The maximum Gasteiger partial charge on any atom is 0.267 e. The van der Waals surface area contributed by atoms with Crippen molar-refractivity contribution in [1.29, 1.82) is 5.26 Å². The van der Waals surface area contributed by atoms with Crippen molar-refractivity contribution >= 4 is 29.3 Å². The molecule has 2 aliphatic heterocycles. The summed E-state index contributed by atoms with van der Waals surface area (Å²) in [7, 11) is 0. The van der Waals surface area contributed by atoms with E-state index in [2.05, 4.69) is 13.0 Å². The Kier molecular flexibility index (Phi) is 6.66. The number of benzene rings is 2. The monoisotopic (exact) mass is 445 g/mol. The molecule has 0 N–H and O–H groups in total. The van der Waals surface area contributed by atoms with Crippen molar-refractivity contribution in [3.8, 4) is 6.07 Å². The summed E-state index contributed by atoms with van der Waals surface area (Å²) in [5.74, 6) is 0.218. The number of piperidine rings is 1. The van der Waals surface area contributed by atoms with Crippen molar-refractivity contribution < 1.29 is 9.59 Å². The van der Waals surface area contributed by atoms with E-state index in [0.29, 0.717) is 36.1 Å². The Morgan fingerprint density at radius 2 is 1.75 bits per heavy atom. The predicted molar refractivity (Wildman–Crippen MR) is 128 cm³/mol. The Morgan fingerprint density at radius 3 is 2.38 bits per heavy atom. The van der Waals surface area contributed by atoms with Gasteiger partial charge in [0.15, 0.2) is 0 Å². The van der Waals surface area contributed by atoms with Crippen LogP contribution in [0.5, 0.6) is 0 Å². The number of carbonyl (C=O) groups excluding carboxylic acids is 2. The Morgan fingerprint density at radius 1 is 1.09 bits per heavy atom. The molecule has 1 atom stereocenters. The van der Waals surface area contributed by atoms with Crippen LogP contribution in [0, 0.1) is 24.2 Å². The van der Waals surface area contributed by atoms with E-state index in [4.69, 9.17) is 0 Å². The van der Waals surface area contributed by atoms with Gasteiger partial charge in [-0.3, -0.25) is 14.5 Å². The van der Waals surface area contributed by atoms with Crippen molar-refractivity contribution in [2.24, 2.45) is 5.92 Å². The molecule has 0 spiro atoms. The van der Waals surface area contributed by atoms with Gasteiger partial charge in [0.25, 0.3) is 5.91 Å². The lowest BCUT2D eigenvalue weighted by Crippen LogP contribution is -2.39. The first-order chi connectivity index (χ1) is 15.5. The number of thioether (sulfide) groups is 1. The highest BCUT2D eigenvalue weighted by molar-refractivity contribution is 8.05. The van der Waals surface area contributed by atoms with Crippen LogP contribution in [-0.2, 0) is 16.0 Å². The van der Waals surface area contributed by atoms with Gasteiger partial charge in [0.05, 0.1) is 5.25 Å². The molecule has 4 rings (SSSR count). The lowest BCUT2D eigenvalue weighted by Gasteiger charge is -2.30. The minimum absolute atomic E-state index is 0.0631. The largest absolute Gasteiger partial charge is 0.338 e. The number of amides is 2. The average molecular weight is 446 g/mol. The first-order valence-corrected chi connectivity index (χ1v) is 11.9. The van der Waals surface area contributed by atoms with Crippen molar-refractivity contribution in [2.75, 3.05) is 18.0 Å². The number of nitrogens with zero attached hydrogens (tertiary/aromatic N) is 3. The van der Waals surface area contributed by atoms with E-state index >= 15 is 0 Å². The van der Waals surface area contributed by atoms with Gasteiger partial charge in [-0.1, -0.05) is 66.7 Å². The van der Waals surface area contributed by atoms with Gasteiger partial charge in [-0.05, 0) is 49.8 Å². The molecule has 0 aliphatic carbocycles. The lowest BCUT2D eigenvalue weighted by molar-refractivity contribution is -0.128. The number of hydrogen-bond donors (Lipinski definition) is 0. The smallest absolute Gasteiger partial charge is 0.267 e. The van der Waals surface area contributed by atoms with E-state index in [9.17, 15) is 14.9 Å². The molecule has 0 aromatic heterocycles. The molecular formula is C26H27N3O2S. The molecule has 32 heavy (non-hydrogen) atoms. The molecule has 0 unspecified atom stereocenters. The van der Waals surface area contributed by atoms with E-state index in [-0.39, 0.29) is 22.6 Å². The van der Waals surface area contributed by atoms with Gasteiger partial charge < -0.3 is 4.90 Å². The zero-order valence-corrected chi connectivity index (χ0v) is 19.3. The SMILES string of the molecule is Cc1ccc(C[C@H]2S/C(=C(/C#N)C(=O)N3CCC(C)CC3)N(c3ccccc3)C2=O)cc1. The fourth-order valence-corrected chi connectivity index (χ4v) is 5.40. The summed E-state index contributed by atoms with van der Waals surface area (Å²) in [5.41, 5.74) is 2.97. The summed E-state index contributed by atoms with van der Waals surface area (Å²) in [5, 5.41) is 10.1. The third-order valence-electron chi connectivity index (χ3n) is 6.12. The fraction of sp³-hybridized carbons (Fsp3) is 0.346. The molecular weight excluding hydrogens is 418 g/mol. The van der Waals surface area contributed by atoms with Gasteiger partial charge in [0.2, 0.25) is 5.91 Å². The summed E-state index contributed by atoms with van der Waals surface area (Å²) < 4.78 is 0. The summed E-state index contributed by atoms with van der Waals surface area (Å²) in [6, 6.07) is 19.6. The maximum absolute atomic E-state index is 13.5. The highest BCUT2D eigenvalue weighted by atomic mass is 32.2. The summed E-state index contributed by atoms with van der Waals surface area (Å²) in [4.78, 5) is 30.1. The maximum atomic E-state index is 13.5. The molecule has 2 aromatic rings. The van der Waals surface area contributed by atoms with E-state index in [1.54, 1.807) is 9.80 Å². The first kappa shape index (κ1) is 22.2. The van der Waals surface area contributed by atoms with Crippen LogP contribution in [0.15, 0.2) is 65.2 Å². The summed E-state index contributed by atoms with van der Waals surface area (Å²) >= 11 is 1.33. The van der Waals surface area contributed by atoms with Crippen LogP contribution >= 0.6 is 11.8 Å². The molecule has 0 radical (unpaired) electrons. The van der Waals surface area contributed by atoms with Crippen molar-refractivity contribution in [3.63, 3.8) is 0 Å². The number of likely N-dealkylation sites (tertiary alicyclic amines) is 1. The van der Waals surface area contributed by atoms with Crippen LogP contribution in [0.2, 0.25) is 0 Å². The van der Waals surface area contributed by atoms with Gasteiger partial charge in [0, 0.05) is 18.8 Å². The van der Waals surface area contributed by atoms with Crippen molar-refractivity contribution in [2.45, 2.75) is 38.4 Å². The topological polar surface area (TPSA) is 64.4 Å². The lowest BCUT2D eigenvalue weighted by atomic mass is 9.99. The number of anilines is 1. The summed E-state index contributed by atoms with van der Waals surface area (Å²) in [6.07, 6.45) is 2.42. The molecule has 2 aliphatic rings. The van der Waals surface area contributed by atoms with Crippen LogP contribution in [0.25, 0.3) is 0 Å². The zero-order chi connectivity index (χ0) is 22.7. The number of aryl methyl sites for hydroxylation is 1. The van der Waals surface area contributed by atoms with Gasteiger partial charge in [-0.25, -0.2) is 0 Å². The second kappa shape index (κ2) is 9.62. The first-order valence-electron chi connectivity index (χ1n) is 11.0. The van der Waals surface area contributed by atoms with Crippen LogP contribution < -0.4 is 4.90 Å². The number of hydrogen-bond acceptors (Lipinski definition) is 4. The van der Waals surface area contributed by atoms with E-state index in [1.807, 2.05) is 61.5 Å². The molecule has 2 amide bonds. The van der Waals surface area contributed by atoms with E-state index < -0.39 is 0 Å². The highest BCUT2D eigenvalue weighted by Crippen LogP contribution is 2.42. The van der Waals surface area contributed by atoms with E-state index in [0.717, 1.165) is 18.4 Å². The minimum Gasteiger partial charge on any atom is -0.338 e. The Balaban J connectivity index is 1.69. The van der Waals surface area contributed by atoms with Crippen molar-refractivity contribution in [3.05, 3.63) is 76.3 Å². The van der Waals surface area contributed by atoms with Crippen molar-refractivity contribution in [1.82, 2.24) is 4.90 Å². The van der Waals surface area contributed by atoms with Crippen LogP contribution in [-0.4, -0.2) is 35.1 Å².